The number of hydrogen-bond acceptors (Lipinski definition) is 5. The van der Waals surface area contributed by atoms with Gasteiger partial charge in [-0.15, -0.1) is 0 Å². The van der Waals surface area contributed by atoms with Gasteiger partial charge in [-0.2, -0.15) is 5.10 Å². The van der Waals surface area contributed by atoms with E-state index in [0.29, 0.717) is 35.1 Å². The zero-order chi connectivity index (χ0) is 18.1. The van der Waals surface area contributed by atoms with Crippen molar-refractivity contribution in [2.24, 2.45) is 0 Å². The summed E-state index contributed by atoms with van der Waals surface area (Å²) in [6, 6.07) is 6.67. The molecule has 8 heteroatoms. The van der Waals surface area contributed by atoms with Crippen LogP contribution in [0, 0.1) is 5.82 Å². The van der Waals surface area contributed by atoms with Crippen LogP contribution in [-0.4, -0.2) is 39.0 Å². The first-order chi connectivity index (χ1) is 12.7. The Hall–Kier alpha value is -3.42. The molecule has 0 spiro atoms. The van der Waals surface area contributed by atoms with Gasteiger partial charge in [-0.3, -0.25) is 4.98 Å². The second-order valence-corrected chi connectivity index (χ2v) is 5.67. The molecule has 7 nitrogen and oxygen atoms in total. The van der Waals surface area contributed by atoms with E-state index in [9.17, 15) is 4.39 Å². The summed E-state index contributed by atoms with van der Waals surface area (Å²) in [5.74, 6) is 0.704. The molecule has 1 aromatic carbocycles. The second-order valence-electron chi connectivity index (χ2n) is 5.67. The van der Waals surface area contributed by atoms with Gasteiger partial charge in [-0.25, -0.2) is 14.1 Å². The largest absolute Gasteiger partial charge is 0.493 e. The highest BCUT2D eigenvalue weighted by molar-refractivity contribution is 5.76. The predicted molar refractivity (Wildman–Crippen MR) is 93.7 cm³/mol. The first-order valence-corrected chi connectivity index (χ1v) is 7.92. The third-order valence-corrected chi connectivity index (χ3v) is 4.07. The summed E-state index contributed by atoms with van der Waals surface area (Å²) in [7, 11) is 2.97. The zero-order valence-corrected chi connectivity index (χ0v) is 14.2. The Morgan fingerprint density at radius 3 is 2.69 bits per heavy atom. The summed E-state index contributed by atoms with van der Waals surface area (Å²) in [6.45, 7) is 0.524. The van der Waals surface area contributed by atoms with E-state index in [1.165, 1.54) is 20.3 Å². The topological polar surface area (TPSA) is 77.9 Å². The van der Waals surface area contributed by atoms with E-state index < -0.39 is 5.82 Å². The molecule has 0 unspecified atom stereocenters. The van der Waals surface area contributed by atoms with E-state index >= 15 is 0 Å². The second kappa shape index (κ2) is 6.47. The SMILES string of the molecule is COc1cc(F)c(-c2nc3c(cnn3Cc3cccnc3)[nH]2)cc1OC. The van der Waals surface area contributed by atoms with Gasteiger partial charge in [0.1, 0.15) is 17.2 Å². The van der Waals surface area contributed by atoms with Crippen LogP contribution in [0.2, 0.25) is 0 Å². The third kappa shape index (κ3) is 2.75. The molecule has 0 fully saturated rings. The van der Waals surface area contributed by atoms with Crippen LogP contribution in [0.5, 0.6) is 11.5 Å². The molecule has 0 bridgehead atoms. The molecule has 1 N–H and O–H groups in total. The van der Waals surface area contributed by atoms with Gasteiger partial charge in [0.25, 0.3) is 0 Å². The lowest BCUT2D eigenvalue weighted by Crippen LogP contribution is -2.02. The van der Waals surface area contributed by atoms with E-state index in [0.717, 1.165) is 11.1 Å². The number of halogens is 1. The van der Waals surface area contributed by atoms with Crippen LogP contribution in [0.3, 0.4) is 0 Å². The monoisotopic (exact) mass is 353 g/mol. The van der Waals surface area contributed by atoms with Gasteiger partial charge in [0.05, 0.1) is 32.5 Å². The molecule has 26 heavy (non-hydrogen) atoms. The Morgan fingerprint density at radius 1 is 1.15 bits per heavy atom. The molecule has 0 aliphatic rings. The average Bonchev–Trinajstić information content (AvgIpc) is 3.24. The highest BCUT2D eigenvalue weighted by Gasteiger charge is 2.17. The number of fused-ring (bicyclic) bond motifs is 1. The Morgan fingerprint density at radius 2 is 1.96 bits per heavy atom. The number of hydrogen-bond donors (Lipinski definition) is 1. The number of pyridine rings is 1. The first kappa shape index (κ1) is 16.1. The number of benzene rings is 1. The molecule has 4 aromatic rings. The van der Waals surface area contributed by atoms with Gasteiger partial charge < -0.3 is 14.5 Å². The van der Waals surface area contributed by atoms with Crippen LogP contribution in [0.25, 0.3) is 22.6 Å². The molecular formula is C18H16FN5O2. The minimum atomic E-state index is -0.453. The van der Waals surface area contributed by atoms with Gasteiger partial charge >= 0.3 is 0 Å². The number of ether oxygens (including phenoxy) is 2. The molecule has 0 saturated heterocycles. The van der Waals surface area contributed by atoms with Crippen molar-refractivity contribution in [3.8, 4) is 22.9 Å². The fourth-order valence-electron chi connectivity index (χ4n) is 2.79. The quantitative estimate of drug-likeness (QED) is 0.597. The molecule has 4 rings (SSSR count). The lowest BCUT2D eigenvalue weighted by molar-refractivity contribution is 0.352. The van der Waals surface area contributed by atoms with Crippen LogP contribution in [0.15, 0.2) is 42.9 Å². The summed E-state index contributed by atoms with van der Waals surface area (Å²) in [5.41, 5.74) is 2.65. The van der Waals surface area contributed by atoms with Crippen molar-refractivity contribution in [2.45, 2.75) is 6.54 Å². The van der Waals surface area contributed by atoms with Crippen molar-refractivity contribution < 1.29 is 13.9 Å². The van der Waals surface area contributed by atoms with Gasteiger partial charge in [0.15, 0.2) is 17.1 Å². The van der Waals surface area contributed by atoms with Crippen molar-refractivity contribution in [2.75, 3.05) is 14.2 Å². The number of nitrogens with one attached hydrogen (secondary N) is 1. The van der Waals surface area contributed by atoms with Crippen molar-refractivity contribution in [3.05, 3.63) is 54.2 Å². The number of methoxy groups -OCH3 is 2. The molecule has 0 atom stereocenters. The summed E-state index contributed by atoms with van der Waals surface area (Å²) < 4.78 is 26.6. The van der Waals surface area contributed by atoms with E-state index in [4.69, 9.17) is 9.47 Å². The number of H-pyrrole nitrogens is 1. The zero-order valence-electron chi connectivity index (χ0n) is 14.2. The highest BCUT2D eigenvalue weighted by atomic mass is 19.1. The van der Waals surface area contributed by atoms with Crippen LogP contribution >= 0.6 is 0 Å². The van der Waals surface area contributed by atoms with Crippen molar-refractivity contribution in [1.82, 2.24) is 24.7 Å². The molecule has 0 amide bonds. The molecule has 3 heterocycles. The Bertz CT molecular complexity index is 1060. The van der Waals surface area contributed by atoms with Crippen LogP contribution in [-0.2, 0) is 6.54 Å². The smallest absolute Gasteiger partial charge is 0.177 e. The standard InChI is InChI=1S/C18H16FN5O2/c1-25-15-6-12(13(19)7-16(15)26-2)17-22-14-9-21-24(18(14)23-17)10-11-4-3-5-20-8-11/h3-9H,10H2,1-2H3,(H,22,23). The van der Waals surface area contributed by atoms with Crippen LogP contribution < -0.4 is 9.47 Å². The number of rotatable bonds is 5. The third-order valence-electron chi connectivity index (χ3n) is 4.07. The summed E-state index contributed by atoms with van der Waals surface area (Å²) >= 11 is 0. The van der Waals surface area contributed by atoms with E-state index in [1.54, 1.807) is 29.3 Å². The Balaban J connectivity index is 1.75. The normalized spacial score (nSPS) is 11.0. The summed E-state index contributed by atoms with van der Waals surface area (Å²) in [4.78, 5) is 11.7. The fraction of sp³-hybridized carbons (Fsp3) is 0.167. The maximum Gasteiger partial charge on any atom is 0.177 e. The summed E-state index contributed by atoms with van der Waals surface area (Å²) in [6.07, 6.45) is 5.16. The maximum absolute atomic E-state index is 14.5. The van der Waals surface area contributed by atoms with Crippen molar-refractivity contribution in [3.63, 3.8) is 0 Å². The highest BCUT2D eigenvalue weighted by Crippen LogP contribution is 2.34. The van der Waals surface area contributed by atoms with E-state index in [-0.39, 0.29) is 0 Å². The van der Waals surface area contributed by atoms with Gasteiger partial charge in [-0.1, -0.05) is 6.07 Å². The fourth-order valence-corrected chi connectivity index (χ4v) is 2.79. The van der Waals surface area contributed by atoms with Crippen LogP contribution in [0.1, 0.15) is 5.56 Å². The average molecular weight is 353 g/mol. The lowest BCUT2D eigenvalue weighted by atomic mass is 10.1. The van der Waals surface area contributed by atoms with E-state index in [2.05, 4.69) is 20.1 Å². The minimum absolute atomic E-state index is 0.298. The molecule has 0 aliphatic heterocycles. The first-order valence-electron chi connectivity index (χ1n) is 7.92. The lowest BCUT2D eigenvalue weighted by Gasteiger charge is -2.09. The molecule has 132 valence electrons. The van der Waals surface area contributed by atoms with Gasteiger partial charge in [0.2, 0.25) is 0 Å². The number of imidazole rings is 1. The number of aromatic nitrogens is 5. The van der Waals surface area contributed by atoms with Gasteiger partial charge in [0, 0.05) is 18.5 Å². The van der Waals surface area contributed by atoms with Crippen molar-refractivity contribution >= 4 is 11.2 Å². The molecular weight excluding hydrogens is 337 g/mol. The minimum Gasteiger partial charge on any atom is -0.493 e. The van der Waals surface area contributed by atoms with Gasteiger partial charge in [-0.05, 0) is 17.7 Å². The number of aromatic amines is 1. The maximum atomic E-state index is 14.5. The molecule has 0 aliphatic carbocycles. The summed E-state index contributed by atoms with van der Waals surface area (Å²) in [5, 5.41) is 4.33. The molecule has 3 aromatic heterocycles. The predicted octanol–water partition coefficient (Wildman–Crippen LogP) is 3.03. The molecule has 0 radical (unpaired) electrons. The Kier molecular flexibility index (Phi) is 4.00. The number of nitrogens with zero attached hydrogens (tertiary/aromatic N) is 4. The molecule has 0 saturated carbocycles. The van der Waals surface area contributed by atoms with Crippen molar-refractivity contribution in [1.29, 1.82) is 0 Å². The Labute approximate surface area is 148 Å². The van der Waals surface area contributed by atoms with Crippen LogP contribution in [0.4, 0.5) is 4.39 Å². The van der Waals surface area contributed by atoms with E-state index in [1.807, 2.05) is 12.1 Å².